The van der Waals surface area contributed by atoms with Crippen LogP contribution in [0.25, 0.3) is 0 Å². The van der Waals surface area contributed by atoms with E-state index in [0.29, 0.717) is 11.8 Å². The number of hydrogen-bond donors (Lipinski definition) is 1. The number of rotatable bonds is 2. The van der Waals surface area contributed by atoms with E-state index in [4.69, 9.17) is 0 Å². The molecular weight excluding hydrogens is 272 g/mol. The summed E-state index contributed by atoms with van der Waals surface area (Å²) in [7, 11) is 0. The minimum atomic E-state index is -4.69. The molecule has 2 aliphatic rings. The quantitative estimate of drug-likeness (QED) is 0.804. The van der Waals surface area contributed by atoms with Gasteiger partial charge in [0.1, 0.15) is 5.82 Å². The zero-order valence-electron chi connectivity index (χ0n) is 10.8. The van der Waals surface area contributed by atoms with Crippen LogP contribution < -0.4 is 0 Å². The lowest BCUT2D eigenvalue weighted by molar-refractivity contribution is -0.140. The third kappa shape index (κ3) is 2.32. The zero-order valence-corrected chi connectivity index (χ0v) is 10.8. The van der Waals surface area contributed by atoms with E-state index in [9.17, 15) is 22.7 Å². The van der Waals surface area contributed by atoms with Crippen LogP contribution in [0.3, 0.4) is 0 Å². The Morgan fingerprint density at radius 2 is 1.70 bits per heavy atom. The van der Waals surface area contributed by atoms with Gasteiger partial charge < -0.3 is 5.11 Å². The van der Waals surface area contributed by atoms with E-state index < -0.39 is 23.7 Å². The van der Waals surface area contributed by atoms with Gasteiger partial charge in [0.05, 0.1) is 11.7 Å². The summed E-state index contributed by atoms with van der Waals surface area (Å²) >= 11 is 0. The molecule has 5 heteroatoms. The predicted molar refractivity (Wildman–Crippen MR) is 65.3 cm³/mol. The second kappa shape index (κ2) is 4.72. The summed E-state index contributed by atoms with van der Waals surface area (Å²) in [6.07, 6.45) is -1.12. The van der Waals surface area contributed by atoms with Crippen molar-refractivity contribution in [3.8, 4) is 0 Å². The highest BCUT2D eigenvalue weighted by atomic mass is 19.4. The molecule has 2 aliphatic carbocycles. The summed E-state index contributed by atoms with van der Waals surface area (Å²) in [5.41, 5.74) is -1.02. The van der Waals surface area contributed by atoms with Crippen LogP contribution >= 0.6 is 0 Å². The average Bonchev–Trinajstić information content (AvgIpc) is 3.10. The lowest BCUT2D eigenvalue weighted by Gasteiger charge is -2.14. The molecule has 3 rings (SSSR count). The number of alkyl halides is 3. The van der Waals surface area contributed by atoms with Crippen LogP contribution in [0.15, 0.2) is 18.2 Å². The summed E-state index contributed by atoms with van der Waals surface area (Å²) < 4.78 is 51.0. The Bertz CT molecular complexity index is 499. The van der Waals surface area contributed by atoms with E-state index in [-0.39, 0.29) is 11.5 Å². The van der Waals surface area contributed by atoms with E-state index in [1.165, 1.54) is 6.07 Å². The maximum Gasteiger partial charge on any atom is 0.419 e. The maximum atomic E-state index is 13.5. The lowest BCUT2D eigenvalue weighted by Crippen LogP contribution is -2.10. The minimum Gasteiger partial charge on any atom is -0.388 e. The molecule has 2 fully saturated rings. The van der Waals surface area contributed by atoms with Crippen molar-refractivity contribution in [2.75, 3.05) is 0 Å². The number of fused-ring (bicyclic) bond motifs is 1. The van der Waals surface area contributed by atoms with Crippen molar-refractivity contribution in [3.63, 3.8) is 0 Å². The summed E-state index contributed by atoms with van der Waals surface area (Å²) in [5.74, 6) is -0.292. The van der Waals surface area contributed by atoms with Crippen molar-refractivity contribution in [1.82, 2.24) is 0 Å². The fraction of sp³-hybridized carbons (Fsp3) is 0.600. The van der Waals surface area contributed by atoms with Gasteiger partial charge in [-0.25, -0.2) is 4.39 Å². The highest BCUT2D eigenvalue weighted by molar-refractivity contribution is 5.29. The van der Waals surface area contributed by atoms with E-state index in [1.54, 1.807) is 0 Å². The van der Waals surface area contributed by atoms with Gasteiger partial charge in [-0.15, -0.1) is 0 Å². The minimum absolute atomic E-state index is 0.0913. The van der Waals surface area contributed by atoms with Gasteiger partial charge in [-0.1, -0.05) is 18.9 Å². The second-order valence-corrected chi connectivity index (χ2v) is 5.87. The first kappa shape index (κ1) is 13.9. The van der Waals surface area contributed by atoms with Crippen LogP contribution in [-0.4, -0.2) is 5.11 Å². The van der Waals surface area contributed by atoms with Crippen LogP contribution in [0.1, 0.15) is 42.9 Å². The average molecular weight is 288 g/mol. The van der Waals surface area contributed by atoms with Crippen LogP contribution in [0, 0.1) is 23.6 Å². The third-order valence-electron chi connectivity index (χ3n) is 4.73. The van der Waals surface area contributed by atoms with E-state index >= 15 is 0 Å². The van der Waals surface area contributed by atoms with Crippen molar-refractivity contribution < 1.29 is 22.7 Å². The van der Waals surface area contributed by atoms with E-state index in [0.717, 1.165) is 37.8 Å². The zero-order chi connectivity index (χ0) is 14.5. The van der Waals surface area contributed by atoms with Gasteiger partial charge in [0.25, 0.3) is 0 Å². The van der Waals surface area contributed by atoms with Crippen molar-refractivity contribution >= 4 is 0 Å². The number of halogens is 4. The highest BCUT2D eigenvalue weighted by Crippen LogP contribution is 2.60. The van der Waals surface area contributed by atoms with Gasteiger partial charge in [-0.3, -0.25) is 0 Å². The van der Waals surface area contributed by atoms with Gasteiger partial charge in [0.15, 0.2) is 0 Å². The van der Waals surface area contributed by atoms with Crippen LogP contribution in [-0.2, 0) is 6.18 Å². The predicted octanol–water partition coefficient (Wildman–Crippen LogP) is 4.31. The molecule has 0 amide bonds. The standard InChI is InChI=1S/C15H16F4O/c16-12-7-8(5-6-11(12)15(17,18)19)14(20)13-9-3-1-2-4-10(9)13/h5-7,9-10,13-14,20H,1-4H2. The first-order chi connectivity index (χ1) is 9.39. The largest absolute Gasteiger partial charge is 0.419 e. The van der Waals surface area contributed by atoms with Gasteiger partial charge in [-0.05, 0) is 48.3 Å². The Morgan fingerprint density at radius 3 is 2.20 bits per heavy atom. The van der Waals surface area contributed by atoms with Gasteiger partial charge >= 0.3 is 6.18 Å². The molecule has 1 aromatic carbocycles. The molecule has 0 heterocycles. The van der Waals surface area contributed by atoms with E-state index in [2.05, 4.69) is 0 Å². The molecule has 0 bridgehead atoms. The normalized spacial score (nSPS) is 30.8. The Hall–Kier alpha value is -1.10. The van der Waals surface area contributed by atoms with Crippen LogP contribution in [0.2, 0.25) is 0 Å². The van der Waals surface area contributed by atoms with Crippen molar-refractivity contribution in [1.29, 1.82) is 0 Å². The Labute approximate surface area is 114 Å². The highest BCUT2D eigenvalue weighted by Gasteiger charge is 2.54. The number of benzene rings is 1. The monoisotopic (exact) mass is 288 g/mol. The summed E-state index contributed by atoms with van der Waals surface area (Å²) in [6.45, 7) is 0. The molecule has 110 valence electrons. The molecule has 20 heavy (non-hydrogen) atoms. The van der Waals surface area contributed by atoms with Crippen molar-refractivity contribution in [2.24, 2.45) is 17.8 Å². The van der Waals surface area contributed by atoms with Gasteiger partial charge in [0, 0.05) is 0 Å². The van der Waals surface area contributed by atoms with Gasteiger partial charge in [0.2, 0.25) is 0 Å². The molecule has 0 aliphatic heterocycles. The topological polar surface area (TPSA) is 20.2 Å². The molecule has 3 atom stereocenters. The summed E-state index contributed by atoms with van der Waals surface area (Å²) in [6, 6.07) is 2.75. The fourth-order valence-electron chi connectivity index (χ4n) is 3.68. The van der Waals surface area contributed by atoms with Crippen molar-refractivity contribution in [2.45, 2.75) is 38.0 Å². The number of aliphatic hydroxyl groups is 1. The molecule has 0 spiro atoms. The molecule has 1 aromatic rings. The fourth-order valence-corrected chi connectivity index (χ4v) is 3.68. The van der Waals surface area contributed by atoms with E-state index in [1.807, 2.05) is 0 Å². The molecule has 1 nitrogen and oxygen atoms in total. The maximum absolute atomic E-state index is 13.5. The molecule has 0 aromatic heterocycles. The Kier molecular flexibility index (Phi) is 3.27. The molecular formula is C15H16F4O. The summed E-state index contributed by atoms with van der Waals surface area (Å²) in [5, 5.41) is 10.3. The SMILES string of the molecule is OC(c1ccc(C(F)(F)F)c(F)c1)C1C2CCCCC21. The summed E-state index contributed by atoms with van der Waals surface area (Å²) in [4.78, 5) is 0. The molecule has 0 radical (unpaired) electrons. The Morgan fingerprint density at radius 1 is 1.10 bits per heavy atom. The Balaban J connectivity index is 1.79. The molecule has 2 saturated carbocycles. The number of aliphatic hydroxyl groups excluding tert-OH is 1. The number of hydrogen-bond acceptors (Lipinski definition) is 1. The molecule has 1 N–H and O–H groups in total. The van der Waals surface area contributed by atoms with Crippen LogP contribution in [0.5, 0.6) is 0 Å². The third-order valence-corrected chi connectivity index (χ3v) is 4.73. The molecule has 3 unspecified atom stereocenters. The van der Waals surface area contributed by atoms with Crippen LogP contribution in [0.4, 0.5) is 17.6 Å². The molecule has 0 saturated heterocycles. The van der Waals surface area contributed by atoms with Gasteiger partial charge in [-0.2, -0.15) is 13.2 Å². The first-order valence-electron chi connectivity index (χ1n) is 6.94. The second-order valence-electron chi connectivity index (χ2n) is 5.87. The first-order valence-corrected chi connectivity index (χ1v) is 6.94. The van der Waals surface area contributed by atoms with Crippen molar-refractivity contribution in [3.05, 3.63) is 35.1 Å². The smallest absolute Gasteiger partial charge is 0.388 e. The lowest BCUT2D eigenvalue weighted by atomic mass is 10.0.